The number of nitrogens with two attached hydrogens (primary N) is 1. The van der Waals surface area contributed by atoms with E-state index >= 15 is 0 Å². The fourth-order valence-electron chi connectivity index (χ4n) is 1.68. The summed E-state index contributed by atoms with van der Waals surface area (Å²) >= 11 is 0. The van der Waals surface area contributed by atoms with Gasteiger partial charge in [0.2, 0.25) is 5.75 Å². The van der Waals surface area contributed by atoms with Gasteiger partial charge in [-0.25, -0.2) is 0 Å². The van der Waals surface area contributed by atoms with Crippen LogP contribution in [0.5, 0.6) is 17.2 Å². The first-order valence-electron chi connectivity index (χ1n) is 5.56. The van der Waals surface area contributed by atoms with Crippen LogP contribution in [0.25, 0.3) is 0 Å². The van der Waals surface area contributed by atoms with Gasteiger partial charge in [-0.2, -0.15) is 13.2 Å². The highest BCUT2D eigenvalue weighted by Gasteiger charge is 2.43. The Morgan fingerprint density at radius 2 is 1.50 bits per heavy atom. The van der Waals surface area contributed by atoms with Gasteiger partial charge in [-0.1, -0.05) is 0 Å². The fraction of sp³-hybridized carbons (Fsp3) is 0.500. The zero-order chi connectivity index (χ0) is 15.5. The van der Waals surface area contributed by atoms with Crippen molar-refractivity contribution < 1.29 is 32.5 Å². The van der Waals surface area contributed by atoms with Gasteiger partial charge in [-0.05, 0) is 17.7 Å². The van der Waals surface area contributed by atoms with E-state index in [1.165, 1.54) is 33.5 Å². The van der Waals surface area contributed by atoms with Gasteiger partial charge in [0.05, 0.1) is 27.4 Å². The van der Waals surface area contributed by atoms with E-state index in [1.807, 2.05) is 0 Å². The van der Waals surface area contributed by atoms with Crippen LogP contribution in [0, 0.1) is 0 Å². The van der Waals surface area contributed by atoms with E-state index < -0.39 is 18.3 Å². The second-order valence-corrected chi connectivity index (χ2v) is 3.97. The zero-order valence-corrected chi connectivity index (χ0v) is 11.2. The van der Waals surface area contributed by atoms with Crippen molar-refractivity contribution in [3.05, 3.63) is 17.7 Å². The molecule has 2 atom stereocenters. The average Bonchev–Trinajstić information content (AvgIpc) is 2.42. The lowest BCUT2D eigenvalue weighted by Crippen LogP contribution is -2.38. The fourth-order valence-corrected chi connectivity index (χ4v) is 1.68. The molecule has 0 aromatic heterocycles. The molecule has 8 heteroatoms. The van der Waals surface area contributed by atoms with Gasteiger partial charge in [-0.15, -0.1) is 0 Å². The van der Waals surface area contributed by atoms with E-state index in [0.717, 1.165) is 0 Å². The Morgan fingerprint density at radius 1 is 1.05 bits per heavy atom. The molecule has 114 valence electrons. The Kier molecular flexibility index (Phi) is 5.07. The molecule has 1 aromatic rings. The van der Waals surface area contributed by atoms with Crippen molar-refractivity contribution in [2.75, 3.05) is 21.3 Å². The van der Waals surface area contributed by atoms with Crippen LogP contribution in [-0.2, 0) is 0 Å². The van der Waals surface area contributed by atoms with Gasteiger partial charge < -0.3 is 25.1 Å². The molecule has 0 aliphatic carbocycles. The summed E-state index contributed by atoms with van der Waals surface area (Å²) in [5.41, 5.74) is 5.46. The Labute approximate surface area is 114 Å². The summed E-state index contributed by atoms with van der Waals surface area (Å²) in [6, 6.07) is 0.866. The van der Waals surface area contributed by atoms with Gasteiger partial charge >= 0.3 is 6.18 Å². The molecule has 3 N–H and O–H groups in total. The predicted octanol–water partition coefficient (Wildman–Crippen LogP) is 1.64. The molecule has 0 aliphatic rings. The van der Waals surface area contributed by atoms with Crippen LogP contribution in [0.15, 0.2) is 12.1 Å². The molecular weight excluding hydrogens is 279 g/mol. The van der Waals surface area contributed by atoms with Gasteiger partial charge in [0.25, 0.3) is 0 Å². The maximum absolute atomic E-state index is 12.5. The first-order valence-corrected chi connectivity index (χ1v) is 5.56. The van der Waals surface area contributed by atoms with Crippen LogP contribution in [0.1, 0.15) is 11.6 Å². The number of methoxy groups -OCH3 is 3. The van der Waals surface area contributed by atoms with Crippen molar-refractivity contribution in [2.24, 2.45) is 5.73 Å². The molecule has 20 heavy (non-hydrogen) atoms. The lowest BCUT2D eigenvalue weighted by atomic mass is 10.0. The van der Waals surface area contributed by atoms with Crippen molar-refractivity contribution in [1.29, 1.82) is 0 Å². The number of aliphatic hydroxyl groups excluding tert-OH is 1. The van der Waals surface area contributed by atoms with Crippen molar-refractivity contribution in [2.45, 2.75) is 18.3 Å². The third kappa shape index (κ3) is 3.26. The number of benzene rings is 1. The zero-order valence-electron chi connectivity index (χ0n) is 11.2. The number of alkyl halides is 3. The normalized spacial score (nSPS) is 14.6. The number of halogens is 3. The lowest BCUT2D eigenvalue weighted by Gasteiger charge is -2.23. The molecule has 1 rings (SSSR count). The summed E-state index contributed by atoms with van der Waals surface area (Å²) in [5, 5.41) is 9.20. The van der Waals surface area contributed by atoms with Crippen molar-refractivity contribution in [1.82, 2.24) is 0 Å². The number of ether oxygens (including phenoxy) is 3. The molecule has 0 unspecified atom stereocenters. The third-order valence-electron chi connectivity index (χ3n) is 2.75. The average molecular weight is 295 g/mol. The maximum atomic E-state index is 12.5. The molecule has 0 fully saturated rings. The molecule has 5 nitrogen and oxygen atoms in total. The Morgan fingerprint density at radius 3 is 1.80 bits per heavy atom. The molecule has 0 heterocycles. The number of rotatable bonds is 5. The van der Waals surface area contributed by atoms with Crippen LogP contribution >= 0.6 is 0 Å². The van der Waals surface area contributed by atoms with E-state index in [1.54, 1.807) is 0 Å². The van der Waals surface area contributed by atoms with Crippen molar-refractivity contribution in [3.63, 3.8) is 0 Å². The number of hydrogen-bond donors (Lipinski definition) is 2. The Hall–Kier alpha value is -1.67. The number of aliphatic hydroxyl groups is 1. The van der Waals surface area contributed by atoms with Crippen LogP contribution in [0.2, 0.25) is 0 Å². The topological polar surface area (TPSA) is 73.9 Å². The minimum absolute atomic E-state index is 0.0179. The van der Waals surface area contributed by atoms with Crippen molar-refractivity contribution in [3.8, 4) is 17.2 Å². The van der Waals surface area contributed by atoms with Gasteiger partial charge in [-0.3, -0.25) is 0 Å². The smallest absolute Gasteiger partial charge is 0.416 e. The quantitative estimate of drug-likeness (QED) is 0.864. The monoisotopic (exact) mass is 295 g/mol. The number of hydrogen-bond acceptors (Lipinski definition) is 5. The van der Waals surface area contributed by atoms with E-state index in [2.05, 4.69) is 0 Å². The SMILES string of the molecule is COc1cc([C@H](N)[C@H](O)C(F)(F)F)cc(OC)c1OC. The summed E-state index contributed by atoms with van der Waals surface area (Å²) in [5.74, 6) is 0.547. The molecule has 1 aromatic carbocycles. The highest BCUT2D eigenvalue weighted by Crippen LogP contribution is 2.40. The van der Waals surface area contributed by atoms with Gasteiger partial charge in [0.15, 0.2) is 17.6 Å². The summed E-state index contributed by atoms with van der Waals surface area (Å²) in [7, 11) is 4.02. The maximum Gasteiger partial charge on any atom is 0.416 e. The van der Waals surface area contributed by atoms with E-state index in [9.17, 15) is 18.3 Å². The molecule has 0 aliphatic heterocycles. The summed E-state index contributed by atoms with van der Waals surface area (Å²) in [4.78, 5) is 0. The molecule has 0 amide bonds. The molecule has 0 saturated heterocycles. The lowest BCUT2D eigenvalue weighted by molar-refractivity contribution is -0.210. The molecule has 0 bridgehead atoms. The molecule has 0 saturated carbocycles. The second-order valence-electron chi connectivity index (χ2n) is 3.97. The Balaban J connectivity index is 3.26. The summed E-state index contributed by atoms with van der Waals surface area (Å²) in [6.45, 7) is 0. The van der Waals surface area contributed by atoms with Crippen LogP contribution in [0.4, 0.5) is 13.2 Å². The van der Waals surface area contributed by atoms with Crippen molar-refractivity contribution >= 4 is 0 Å². The van der Waals surface area contributed by atoms with Crippen LogP contribution < -0.4 is 19.9 Å². The van der Waals surface area contributed by atoms with E-state index in [-0.39, 0.29) is 22.8 Å². The largest absolute Gasteiger partial charge is 0.493 e. The van der Waals surface area contributed by atoms with E-state index in [4.69, 9.17) is 19.9 Å². The first-order chi connectivity index (χ1) is 9.26. The third-order valence-corrected chi connectivity index (χ3v) is 2.75. The van der Waals surface area contributed by atoms with Crippen LogP contribution in [-0.4, -0.2) is 38.7 Å². The molecule has 0 spiro atoms. The highest BCUT2D eigenvalue weighted by molar-refractivity contribution is 5.54. The Bertz CT molecular complexity index is 440. The second kappa shape index (κ2) is 6.19. The van der Waals surface area contributed by atoms with Crippen LogP contribution in [0.3, 0.4) is 0 Å². The van der Waals surface area contributed by atoms with E-state index in [0.29, 0.717) is 0 Å². The summed E-state index contributed by atoms with van der Waals surface area (Å²) < 4.78 is 52.5. The minimum Gasteiger partial charge on any atom is -0.493 e. The molecule has 0 radical (unpaired) electrons. The standard InChI is InChI=1S/C12H16F3NO4/c1-18-7-4-6(5-8(19-2)10(7)20-3)9(16)11(17)12(13,14)15/h4-5,9,11,17H,16H2,1-3H3/t9-,11-/m0/s1. The van der Waals surface area contributed by atoms with Gasteiger partial charge in [0.1, 0.15) is 0 Å². The summed E-state index contributed by atoms with van der Waals surface area (Å²) in [6.07, 6.45) is -7.51. The highest BCUT2D eigenvalue weighted by atomic mass is 19.4. The molecular formula is C12H16F3NO4. The first kappa shape index (κ1) is 16.4. The van der Waals surface area contributed by atoms with Gasteiger partial charge in [0, 0.05) is 0 Å². The minimum atomic E-state index is -4.82. The predicted molar refractivity (Wildman–Crippen MR) is 65.1 cm³/mol.